The van der Waals surface area contributed by atoms with Crippen LogP contribution in [0.25, 0.3) is 0 Å². The Kier molecular flexibility index (Phi) is 4.76. The average Bonchev–Trinajstić information content (AvgIpc) is 2.96. The van der Waals surface area contributed by atoms with Crippen molar-refractivity contribution in [2.24, 2.45) is 4.99 Å². The largest absolute Gasteiger partial charge is 0.347 e. The van der Waals surface area contributed by atoms with Gasteiger partial charge in [-0.05, 0) is 56.5 Å². The van der Waals surface area contributed by atoms with Gasteiger partial charge in [-0.3, -0.25) is 0 Å². The summed E-state index contributed by atoms with van der Waals surface area (Å²) < 4.78 is 0. The van der Waals surface area contributed by atoms with E-state index < -0.39 is 0 Å². The predicted octanol–water partition coefficient (Wildman–Crippen LogP) is 5.49. The van der Waals surface area contributed by atoms with Gasteiger partial charge in [0.2, 0.25) is 0 Å². The van der Waals surface area contributed by atoms with Crippen molar-refractivity contribution in [2.45, 2.75) is 39.0 Å². The molecule has 1 heterocycles. The first-order valence-electron chi connectivity index (χ1n) is 8.19. The number of aliphatic imine (C=N–C) groups is 1. The maximum Gasteiger partial charge on any atom is 0.165 e. The number of amidine groups is 1. The van der Waals surface area contributed by atoms with E-state index in [0.29, 0.717) is 11.3 Å². The minimum Gasteiger partial charge on any atom is -0.347 e. The summed E-state index contributed by atoms with van der Waals surface area (Å²) in [6.07, 6.45) is 0. The molecule has 0 aliphatic carbocycles. The fourth-order valence-corrected chi connectivity index (χ4v) is 4.12. The summed E-state index contributed by atoms with van der Waals surface area (Å²) in [5, 5.41) is 1.60. The monoisotopic (exact) mass is 324 g/mol. The van der Waals surface area contributed by atoms with Crippen LogP contribution in [-0.4, -0.2) is 22.7 Å². The molecule has 0 spiro atoms. The lowest BCUT2D eigenvalue weighted by Crippen LogP contribution is -2.31. The van der Waals surface area contributed by atoms with E-state index in [-0.39, 0.29) is 0 Å². The topological polar surface area (TPSA) is 15.6 Å². The molecular formula is C20H24N2S. The molecular weight excluding hydrogens is 300 g/mol. The van der Waals surface area contributed by atoms with Gasteiger partial charge in [-0.15, -0.1) is 0 Å². The van der Waals surface area contributed by atoms with E-state index in [1.807, 2.05) is 11.8 Å². The number of nitrogens with zero attached hydrogens (tertiary/aromatic N) is 2. The number of rotatable bonds is 3. The van der Waals surface area contributed by atoms with Crippen molar-refractivity contribution in [3.05, 3.63) is 65.2 Å². The highest BCUT2D eigenvalue weighted by Gasteiger charge is 2.31. The Morgan fingerprint density at radius 3 is 2.43 bits per heavy atom. The Balaban J connectivity index is 1.90. The average molecular weight is 324 g/mol. The predicted molar refractivity (Wildman–Crippen MR) is 102 cm³/mol. The first kappa shape index (κ1) is 16.1. The summed E-state index contributed by atoms with van der Waals surface area (Å²) in [6, 6.07) is 17.7. The smallest absolute Gasteiger partial charge is 0.165 e. The molecule has 0 aromatic heterocycles. The Morgan fingerprint density at radius 2 is 1.78 bits per heavy atom. The molecule has 1 saturated heterocycles. The molecule has 1 atom stereocenters. The Labute approximate surface area is 143 Å². The zero-order valence-corrected chi connectivity index (χ0v) is 15.1. The number of hydrogen-bond acceptors (Lipinski definition) is 2. The van der Waals surface area contributed by atoms with E-state index >= 15 is 0 Å². The molecule has 1 aliphatic rings. The van der Waals surface area contributed by atoms with Crippen molar-refractivity contribution in [1.29, 1.82) is 0 Å². The van der Waals surface area contributed by atoms with Crippen LogP contribution >= 0.6 is 11.8 Å². The molecule has 0 bridgehead atoms. The van der Waals surface area contributed by atoms with Crippen molar-refractivity contribution in [3.63, 3.8) is 0 Å². The molecule has 120 valence electrons. The molecule has 2 nitrogen and oxygen atoms in total. The fraction of sp³-hybridized carbons (Fsp3) is 0.350. The number of aryl methyl sites for hydroxylation is 2. The fourth-order valence-electron chi connectivity index (χ4n) is 2.76. The second kappa shape index (κ2) is 6.79. The van der Waals surface area contributed by atoms with Crippen molar-refractivity contribution >= 4 is 22.6 Å². The number of benzene rings is 2. The van der Waals surface area contributed by atoms with Gasteiger partial charge >= 0.3 is 0 Å². The summed E-state index contributed by atoms with van der Waals surface area (Å²) in [5.74, 6) is 0. The van der Waals surface area contributed by atoms with Gasteiger partial charge in [-0.2, -0.15) is 0 Å². The van der Waals surface area contributed by atoms with Gasteiger partial charge in [-0.1, -0.05) is 48.2 Å². The normalized spacial score (nSPS) is 19.8. The van der Waals surface area contributed by atoms with E-state index in [2.05, 4.69) is 81.1 Å². The molecule has 3 rings (SSSR count). The van der Waals surface area contributed by atoms with E-state index in [9.17, 15) is 0 Å². The zero-order chi connectivity index (χ0) is 16.4. The van der Waals surface area contributed by atoms with Gasteiger partial charge in [0.1, 0.15) is 0 Å². The van der Waals surface area contributed by atoms with Crippen molar-refractivity contribution < 1.29 is 0 Å². The molecule has 0 radical (unpaired) electrons. The van der Waals surface area contributed by atoms with Crippen molar-refractivity contribution in [3.8, 4) is 0 Å². The third kappa shape index (κ3) is 3.61. The SMILES string of the molecule is Cc1ccc(N=C2S[C@H](c3ccccc3)CN2C(C)C)cc1C. The lowest BCUT2D eigenvalue weighted by Gasteiger charge is -2.22. The maximum absolute atomic E-state index is 4.94. The van der Waals surface area contributed by atoms with E-state index in [1.54, 1.807) is 0 Å². The second-order valence-corrected chi connectivity index (χ2v) is 7.60. The van der Waals surface area contributed by atoms with Crippen LogP contribution in [0.2, 0.25) is 0 Å². The molecule has 23 heavy (non-hydrogen) atoms. The highest BCUT2D eigenvalue weighted by atomic mass is 32.2. The van der Waals surface area contributed by atoms with Crippen molar-refractivity contribution in [1.82, 2.24) is 4.90 Å². The van der Waals surface area contributed by atoms with Gasteiger partial charge in [0.05, 0.1) is 10.9 Å². The van der Waals surface area contributed by atoms with Crippen LogP contribution in [0.15, 0.2) is 53.5 Å². The second-order valence-electron chi connectivity index (χ2n) is 6.43. The summed E-state index contributed by atoms with van der Waals surface area (Å²) >= 11 is 1.88. The number of thioether (sulfide) groups is 1. The molecule has 0 amide bonds. The minimum atomic E-state index is 0.460. The third-order valence-corrected chi connectivity index (χ3v) is 5.61. The maximum atomic E-state index is 4.94. The van der Waals surface area contributed by atoms with Gasteiger partial charge in [0.25, 0.3) is 0 Å². The molecule has 2 aromatic rings. The molecule has 0 N–H and O–H groups in total. The summed E-state index contributed by atoms with van der Waals surface area (Å²) in [5.41, 5.74) is 5.05. The lowest BCUT2D eigenvalue weighted by molar-refractivity contribution is 0.367. The van der Waals surface area contributed by atoms with Crippen LogP contribution in [0, 0.1) is 13.8 Å². The third-order valence-electron chi connectivity index (χ3n) is 4.37. The molecule has 1 fully saturated rings. The molecule has 0 saturated carbocycles. The molecule has 0 unspecified atom stereocenters. The lowest BCUT2D eigenvalue weighted by atomic mass is 10.1. The van der Waals surface area contributed by atoms with E-state index in [1.165, 1.54) is 16.7 Å². The number of hydrogen-bond donors (Lipinski definition) is 0. The van der Waals surface area contributed by atoms with Gasteiger partial charge in [0.15, 0.2) is 5.17 Å². The van der Waals surface area contributed by atoms with Crippen LogP contribution in [0.3, 0.4) is 0 Å². The van der Waals surface area contributed by atoms with Crippen LogP contribution in [0.1, 0.15) is 35.8 Å². The highest BCUT2D eigenvalue weighted by molar-refractivity contribution is 8.14. The summed E-state index contributed by atoms with van der Waals surface area (Å²) in [6.45, 7) is 9.79. The summed E-state index contributed by atoms with van der Waals surface area (Å²) in [7, 11) is 0. The van der Waals surface area contributed by atoms with Crippen LogP contribution in [-0.2, 0) is 0 Å². The zero-order valence-electron chi connectivity index (χ0n) is 14.3. The van der Waals surface area contributed by atoms with E-state index in [4.69, 9.17) is 4.99 Å². The Hall–Kier alpha value is -1.74. The molecule has 3 heteroatoms. The van der Waals surface area contributed by atoms with Crippen LogP contribution < -0.4 is 0 Å². The first-order chi connectivity index (χ1) is 11.0. The Morgan fingerprint density at radius 1 is 1.04 bits per heavy atom. The molecule has 1 aliphatic heterocycles. The highest BCUT2D eigenvalue weighted by Crippen LogP contribution is 2.40. The van der Waals surface area contributed by atoms with Gasteiger partial charge < -0.3 is 4.90 Å². The standard InChI is InChI=1S/C20H24N2S/c1-14(2)22-13-19(17-8-6-5-7-9-17)23-20(22)21-18-11-10-15(3)16(4)12-18/h5-12,14,19H,13H2,1-4H3/t19-/m0/s1. The summed E-state index contributed by atoms with van der Waals surface area (Å²) in [4.78, 5) is 7.36. The first-order valence-corrected chi connectivity index (χ1v) is 9.07. The molecule has 2 aromatic carbocycles. The van der Waals surface area contributed by atoms with Crippen molar-refractivity contribution in [2.75, 3.05) is 6.54 Å². The van der Waals surface area contributed by atoms with E-state index in [0.717, 1.165) is 17.4 Å². The van der Waals surface area contributed by atoms with Crippen LogP contribution in [0.5, 0.6) is 0 Å². The minimum absolute atomic E-state index is 0.460. The Bertz CT molecular complexity index is 707. The quantitative estimate of drug-likeness (QED) is 0.742. The van der Waals surface area contributed by atoms with Crippen LogP contribution in [0.4, 0.5) is 5.69 Å². The van der Waals surface area contributed by atoms with Gasteiger partial charge in [-0.25, -0.2) is 4.99 Å². The van der Waals surface area contributed by atoms with Gasteiger partial charge in [0, 0.05) is 12.6 Å².